The van der Waals surface area contributed by atoms with Gasteiger partial charge < -0.3 is 9.55 Å². The van der Waals surface area contributed by atoms with Gasteiger partial charge in [-0.25, -0.2) is 9.97 Å². The van der Waals surface area contributed by atoms with E-state index in [1.54, 1.807) is 30.7 Å². The van der Waals surface area contributed by atoms with Crippen LogP contribution in [0, 0.1) is 0 Å². The normalized spacial score (nSPS) is 11.1. The molecule has 0 aliphatic heterocycles. The van der Waals surface area contributed by atoms with Crippen molar-refractivity contribution < 1.29 is 0 Å². The quantitative estimate of drug-likeness (QED) is 0.802. The Morgan fingerprint density at radius 2 is 2.25 bits per heavy atom. The Morgan fingerprint density at radius 1 is 1.35 bits per heavy atom. The molecule has 3 aromatic rings. The first kappa shape index (κ1) is 12.9. The van der Waals surface area contributed by atoms with Gasteiger partial charge in [0.1, 0.15) is 5.82 Å². The highest BCUT2D eigenvalue weighted by Gasteiger charge is 2.04. The van der Waals surface area contributed by atoms with Crippen molar-refractivity contribution in [3.8, 4) is 0 Å². The second kappa shape index (κ2) is 5.46. The van der Waals surface area contributed by atoms with Crippen LogP contribution in [0.1, 0.15) is 12.2 Å². The molecule has 0 amide bonds. The molecule has 0 saturated heterocycles. The Hall–Kier alpha value is -2.14. The summed E-state index contributed by atoms with van der Waals surface area (Å²) in [6, 6.07) is 5.15. The molecule has 102 valence electrons. The molecular weight excluding hydrogens is 276 g/mol. The summed E-state index contributed by atoms with van der Waals surface area (Å²) < 4.78 is 2.00. The summed E-state index contributed by atoms with van der Waals surface area (Å²) in [5.74, 6) is 0.699. The predicted molar refractivity (Wildman–Crippen MR) is 77.9 cm³/mol. The molecule has 0 unspecified atom stereocenters. The molecule has 3 rings (SSSR count). The van der Waals surface area contributed by atoms with Crippen LogP contribution in [0.15, 0.2) is 41.7 Å². The molecule has 0 radical (unpaired) electrons. The number of hydrogen-bond donors (Lipinski definition) is 1. The molecule has 2 heterocycles. The van der Waals surface area contributed by atoms with E-state index in [9.17, 15) is 4.79 Å². The van der Waals surface area contributed by atoms with Crippen LogP contribution in [0.4, 0.5) is 0 Å². The van der Waals surface area contributed by atoms with Crippen molar-refractivity contribution in [2.75, 3.05) is 0 Å². The van der Waals surface area contributed by atoms with E-state index in [1.807, 2.05) is 10.8 Å². The van der Waals surface area contributed by atoms with Crippen LogP contribution in [0.25, 0.3) is 10.9 Å². The summed E-state index contributed by atoms with van der Waals surface area (Å²) in [6.07, 6.45) is 7.04. The Morgan fingerprint density at radius 3 is 3.05 bits per heavy atom. The molecule has 0 fully saturated rings. The van der Waals surface area contributed by atoms with Crippen LogP contribution in [0.3, 0.4) is 0 Å². The van der Waals surface area contributed by atoms with E-state index < -0.39 is 0 Å². The lowest BCUT2D eigenvalue weighted by atomic mass is 10.2. The van der Waals surface area contributed by atoms with E-state index in [4.69, 9.17) is 11.6 Å². The standard InChI is InChI=1S/C14H13ClN4O/c15-10-3-4-12-11(8-10)14(20)18-13(17-12)2-1-6-19-7-5-16-9-19/h3-5,7-9H,1-2,6H2,(H,17,18,20). The van der Waals surface area contributed by atoms with Gasteiger partial charge >= 0.3 is 0 Å². The number of aromatic amines is 1. The van der Waals surface area contributed by atoms with Crippen molar-refractivity contribution in [3.05, 3.63) is 58.1 Å². The van der Waals surface area contributed by atoms with Crippen molar-refractivity contribution >= 4 is 22.5 Å². The first-order chi connectivity index (χ1) is 9.72. The summed E-state index contributed by atoms with van der Waals surface area (Å²) in [7, 11) is 0. The molecule has 0 saturated carbocycles. The highest BCUT2D eigenvalue weighted by molar-refractivity contribution is 6.31. The Bertz CT molecular complexity index is 779. The smallest absolute Gasteiger partial charge is 0.258 e. The molecule has 0 aliphatic rings. The highest BCUT2D eigenvalue weighted by atomic mass is 35.5. The number of imidazole rings is 1. The number of aryl methyl sites for hydroxylation is 2. The third-order valence-corrected chi connectivity index (χ3v) is 3.34. The van der Waals surface area contributed by atoms with Crippen LogP contribution in [0.2, 0.25) is 5.02 Å². The van der Waals surface area contributed by atoms with E-state index in [-0.39, 0.29) is 5.56 Å². The maximum Gasteiger partial charge on any atom is 0.258 e. The second-order valence-electron chi connectivity index (χ2n) is 4.58. The zero-order valence-corrected chi connectivity index (χ0v) is 11.5. The first-order valence-electron chi connectivity index (χ1n) is 6.36. The maximum absolute atomic E-state index is 12.0. The number of fused-ring (bicyclic) bond motifs is 1. The molecule has 2 aromatic heterocycles. The van der Waals surface area contributed by atoms with E-state index in [2.05, 4.69) is 15.0 Å². The molecule has 0 atom stereocenters. The molecule has 0 aliphatic carbocycles. The number of nitrogens with zero attached hydrogens (tertiary/aromatic N) is 3. The molecule has 1 aromatic carbocycles. The average molecular weight is 289 g/mol. The summed E-state index contributed by atoms with van der Waals surface area (Å²) in [5.41, 5.74) is 0.533. The summed E-state index contributed by atoms with van der Waals surface area (Å²) in [5, 5.41) is 1.06. The second-order valence-corrected chi connectivity index (χ2v) is 5.01. The van der Waals surface area contributed by atoms with E-state index in [1.165, 1.54) is 0 Å². The SMILES string of the molecule is O=c1[nH]c(CCCn2ccnc2)nc2ccc(Cl)cc12. The fourth-order valence-corrected chi connectivity index (χ4v) is 2.30. The van der Waals surface area contributed by atoms with Gasteiger partial charge in [-0.15, -0.1) is 0 Å². The van der Waals surface area contributed by atoms with Gasteiger partial charge in [0.05, 0.1) is 17.2 Å². The van der Waals surface area contributed by atoms with Crippen LogP contribution in [-0.2, 0) is 13.0 Å². The van der Waals surface area contributed by atoms with Gasteiger partial charge in [0.25, 0.3) is 5.56 Å². The fraction of sp³-hybridized carbons (Fsp3) is 0.214. The van der Waals surface area contributed by atoms with Gasteiger partial charge in [-0.05, 0) is 24.6 Å². The largest absolute Gasteiger partial charge is 0.337 e. The predicted octanol–water partition coefficient (Wildman–Crippen LogP) is 2.41. The number of nitrogens with one attached hydrogen (secondary N) is 1. The highest BCUT2D eigenvalue weighted by Crippen LogP contribution is 2.14. The van der Waals surface area contributed by atoms with Crippen LogP contribution >= 0.6 is 11.6 Å². The monoisotopic (exact) mass is 288 g/mol. The zero-order chi connectivity index (χ0) is 13.9. The van der Waals surface area contributed by atoms with Gasteiger partial charge in [-0.2, -0.15) is 0 Å². The average Bonchev–Trinajstić information content (AvgIpc) is 2.93. The zero-order valence-electron chi connectivity index (χ0n) is 10.7. The molecule has 5 nitrogen and oxygen atoms in total. The van der Waals surface area contributed by atoms with Gasteiger partial charge in [0.15, 0.2) is 0 Å². The summed E-state index contributed by atoms with van der Waals surface area (Å²) in [4.78, 5) is 23.2. The van der Waals surface area contributed by atoms with Gasteiger partial charge in [0.2, 0.25) is 0 Å². The molecule has 20 heavy (non-hydrogen) atoms. The lowest BCUT2D eigenvalue weighted by molar-refractivity contribution is 0.628. The van der Waals surface area contributed by atoms with Gasteiger partial charge in [0, 0.05) is 30.4 Å². The number of rotatable bonds is 4. The van der Waals surface area contributed by atoms with E-state index >= 15 is 0 Å². The van der Waals surface area contributed by atoms with Crippen molar-refractivity contribution in [2.24, 2.45) is 0 Å². The Balaban J connectivity index is 1.78. The summed E-state index contributed by atoms with van der Waals surface area (Å²) in [6.45, 7) is 0.850. The van der Waals surface area contributed by atoms with Crippen LogP contribution in [0.5, 0.6) is 0 Å². The van der Waals surface area contributed by atoms with Crippen LogP contribution in [-0.4, -0.2) is 19.5 Å². The van der Waals surface area contributed by atoms with E-state index in [0.29, 0.717) is 28.2 Å². The third-order valence-electron chi connectivity index (χ3n) is 3.11. The van der Waals surface area contributed by atoms with Gasteiger partial charge in [-0.3, -0.25) is 4.79 Å². The Kier molecular flexibility index (Phi) is 3.52. The van der Waals surface area contributed by atoms with Crippen molar-refractivity contribution in [2.45, 2.75) is 19.4 Å². The summed E-state index contributed by atoms with van der Waals surface area (Å²) >= 11 is 5.88. The number of H-pyrrole nitrogens is 1. The molecule has 1 N–H and O–H groups in total. The fourth-order valence-electron chi connectivity index (χ4n) is 2.13. The van der Waals surface area contributed by atoms with Crippen molar-refractivity contribution in [1.29, 1.82) is 0 Å². The number of hydrogen-bond acceptors (Lipinski definition) is 3. The number of aromatic nitrogens is 4. The lowest BCUT2D eigenvalue weighted by Gasteiger charge is -2.04. The molecular formula is C14H13ClN4O. The molecule has 0 spiro atoms. The molecule has 6 heteroatoms. The maximum atomic E-state index is 12.0. The van der Waals surface area contributed by atoms with E-state index in [0.717, 1.165) is 13.0 Å². The molecule has 0 bridgehead atoms. The van der Waals surface area contributed by atoms with Crippen molar-refractivity contribution in [3.63, 3.8) is 0 Å². The van der Waals surface area contributed by atoms with Crippen LogP contribution < -0.4 is 5.56 Å². The number of halogens is 1. The number of benzene rings is 1. The minimum atomic E-state index is -0.143. The Labute approximate surface area is 120 Å². The van der Waals surface area contributed by atoms with Crippen molar-refractivity contribution in [1.82, 2.24) is 19.5 Å². The van der Waals surface area contributed by atoms with Gasteiger partial charge in [-0.1, -0.05) is 11.6 Å². The first-order valence-corrected chi connectivity index (χ1v) is 6.74. The topological polar surface area (TPSA) is 63.6 Å². The minimum absolute atomic E-state index is 0.143. The third kappa shape index (κ3) is 2.72. The lowest BCUT2D eigenvalue weighted by Crippen LogP contribution is -2.12. The minimum Gasteiger partial charge on any atom is -0.337 e.